The first-order valence-electron chi connectivity index (χ1n) is 6.28. The van der Waals surface area contributed by atoms with E-state index in [1.807, 2.05) is 0 Å². The van der Waals surface area contributed by atoms with Crippen molar-refractivity contribution in [1.82, 2.24) is 0 Å². The van der Waals surface area contributed by atoms with Gasteiger partial charge in [0.1, 0.15) is 0 Å². The fourth-order valence-corrected chi connectivity index (χ4v) is 3.90. The maximum atomic E-state index is 10.6. The van der Waals surface area contributed by atoms with Gasteiger partial charge >= 0.3 is 0 Å². The van der Waals surface area contributed by atoms with E-state index in [-0.39, 0.29) is 5.54 Å². The summed E-state index contributed by atoms with van der Waals surface area (Å²) in [4.78, 5) is 0. The molecule has 2 rings (SSSR count). The maximum Gasteiger partial charge on any atom is 0.0836 e. The summed E-state index contributed by atoms with van der Waals surface area (Å²) in [7, 11) is 0. The van der Waals surface area contributed by atoms with E-state index in [2.05, 4.69) is 20.8 Å². The summed E-state index contributed by atoms with van der Waals surface area (Å²) in [5, 5.41) is 10.6. The Morgan fingerprint density at radius 3 is 2.33 bits per heavy atom. The molecule has 0 aromatic carbocycles. The molecule has 0 aliphatic heterocycles. The Balaban J connectivity index is 2.09. The molecule has 0 aromatic heterocycles. The molecule has 0 aromatic rings. The fourth-order valence-electron chi connectivity index (χ4n) is 3.90. The predicted octanol–water partition coefficient (Wildman–Crippen LogP) is 2.45. The van der Waals surface area contributed by atoms with E-state index in [9.17, 15) is 5.11 Å². The van der Waals surface area contributed by atoms with E-state index in [1.54, 1.807) is 0 Å². The number of rotatable bonds is 1. The number of nitrogens with two attached hydrogens (primary N) is 1. The second-order valence-corrected chi connectivity index (χ2v) is 6.91. The zero-order chi connectivity index (χ0) is 11.3. The van der Waals surface area contributed by atoms with Gasteiger partial charge in [-0.25, -0.2) is 0 Å². The maximum absolute atomic E-state index is 10.6. The van der Waals surface area contributed by atoms with Crippen LogP contribution >= 0.6 is 0 Å². The van der Waals surface area contributed by atoms with Crippen molar-refractivity contribution < 1.29 is 5.11 Å². The third kappa shape index (κ3) is 1.83. The summed E-state index contributed by atoms with van der Waals surface area (Å²) in [6.07, 6.45) is 6.22. The Hall–Kier alpha value is -0.0800. The standard InChI is InChI=1S/C13H25NO/c1-10-5-4-6-12(14,7-10)13(15)8-11(2,3)9-13/h10,15H,4-9,14H2,1-3H3. The van der Waals surface area contributed by atoms with E-state index in [0.717, 1.165) is 25.7 Å². The molecule has 88 valence electrons. The van der Waals surface area contributed by atoms with Crippen LogP contribution in [0.5, 0.6) is 0 Å². The summed E-state index contributed by atoms with van der Waals surface area (Å²) < 4.78 is 0. The average molecular weight is 211 g/mol. The number of hydrogen-bond acceptors (Lipinski definition) is 2. The zero-order valence-corrected chi connectivity index (χ0v) is 10.3. The molecule has 2 aliphatic carbocycles. The molecule has 3 N–H and O–H groups in total. The molecule has 2 aliphatic rings. The molecule has 2 unspecified atom stereocenters. The minimum absolute atomic E-state index is 0.293. The van der Waals surface area contributed by atoms with E-state index in [4.69, 9.17) is 5.73 Å². The molecule has 0 heterocycles. The van der Waals surface area contributed by atoms with Gasteiger partial charge in [0.05, 0.1) is 5.60 Å². The Bertz CT molecular complexity index is 253. The Morgan fingerprint density at radius 2 is 1.87 bits per heavy atom. The summed E-state index contributed by atoms with van der Waals surface area (Å²) in [5.41, 5.74) is 5.87. The monoisotopic (exact) mass is 211 g/mol. The van der Waals surface area contributed by atoms with Crippen LogP contribution in [0.25, 0.3) is 0 Å². The van der Waals surface area contributed by atoms with E-state index < -0.39 is 5.60 Å². The molecular weight excluding hydrogens is 186 g/mol. The second kappa shape index (κ2) is 3.21. The quantitative estimate of drug-likeness (QED) is 0.700. The van der Waals surface area contributed by atoms with Gasteiger partial charge in [0.15, 0.2) is 0 Å². The lowest BCUT2D eigenvalue weighted by Crippen LogP contribution is -2.69. The van der Waals surface area contributed by atoms with Gasteiger partial charge in [0.2, 0.25) is 0 Å². The normalized spacial score (nSPS) is 43.4. The van der Waals surface area contributed by atoms with Crippen molar-refractivity contribution in [3.05, 3.63) is 0 Å². The van der Waals surface area contributed by atoms with Crippen LogP contribution in [0.3, 0.4) is 0 Å². The topological polar surface area (TPSA) is 46.2 Å². The Labute approximate surface area is 93.2 Å². The largest absolute Gasteiger partial charge is 0.388 e. The summed E-state index contributed by atoms with van der Waals surface area (Å²) in [5.74, 6) is 0.677. The molecule has 2 saturated carbocycles. The second-order valence-electron chi connectivity index (χ2n) is 6.91. The molecule has 0 radical (unpaired) electrons. The van der Waals surface area contributed by atoms with E-state index >= 15 is 0 Å². The predicted molar refractivity (Wildman–Crippen MR) is 62.5 cm³/mol. The van der Waals surface area contributed by atoms with Crippen LogP contribution in [-0.2, 0) is 0 Å². The van der Waals surface area contributed by atoms with Gasteiger partial charge in [-0.1, -0.05) is 33.6 Å². The Kier molecular flexibility index (Phi) is 2.44. The van der Waals surface area contributed by atoms with E-state index in [1.165, 1.54) is 12.8 Å². The highest BCUT2D eigenvalue weighted by atomic mass is 16.3. The first-order chi connectivity index (χ1) is 6.77. The molecular formula is C13H25NO. The molecule has 0 amide bonds. The van der Waals surface area contributed by atoms with Crippen LogP contribution in [-0.4, -0.2) is 16.2 Å². The van der Waals surface area contributed by atoms with Gasteiger partial charge in [-0.05, 0) is 37.0 Å². The van der Waals surface area contributed by atoms with E-state index in [0.29, 0.717) is 11.3 Å². The van der Waals surface area contributed by atoms with Crippen LogP contribution < -0.4 is 5.73 Å². The smallest absolute Gasteiger partial charge is 0.0836 e. The van der Waals surface area contributed by atoms with Crippen molar-refractivity contribution in [2.75, 3.05) is 0 Å². The van der Waals surface area contributed by atoms with Gasteiger partial charge in [0.25, 0.3) is 0 Å². The summed E-state index contributed by atoms with van der Waals surface area (Å²) in [6, 6.07) is 0. The SMILES string of the molecule is CC1CCCC(N)(C2(O)CC(C)(C)C2)C1. The van der Waals surface area contributed by atoms with Crippen molar-refractivity contribution in [3.8, 4) is 0 Å². The lowest BCUT2D eigenvalue weighted by atomic mass is 9.51. The number of aliphatic hydroxyl groups is 1. The van der Waals surface area contributed by atoms with Gasteiger partial charge in [-0.2, -0.15) is 0 Å². The van der Waals surface area contributed by atoms with Crippen LogP contribution in [0.15, 0.2) is 0 Å². The molecule has 0 spiro atoms. The van der Waals surface area contributed by atoms with Crippen molar-refractivity contribution >= 4 is 0 Å². The Morgan fingerprint density at radius 1 is 1.27 bits per heavy atom. The van der Waals surface area contributed by atoms with Gasteiger partial charge in [-0.15, -0.1) is 0 Å². The molecule has 0 saturated heterocycles. The van der Waals surface area contributed by atoms with Crippen molar-refractivity contribution in [3.63, 3.8) is 0 Å². The minimum atomic E-state index is -0.578. The van der Waals surface area contributed by atoms with Crippen molar-refractivity contribution in [2.24, 2.45) is 17.1 Å². The zero-order valence-electron chi connectivity index (χ0n) is 10.3. The highest BCUT2D eigenvalue weighted by Gasteiger charge is 2.59. The third-order valence-electron chi connectivity index (χ3n) is 4.50. The van der Waals surface area contributed by atoms with Crippen LogP contribution in [0.2, 0.25) is 0 Å². The molecule has 15 heavy (non-hydrogen) atoms. The molecule has 2 nitrogen and oxygen atoms in total. The molecule has 2 fully saturated rings. The van der Waals surface area contributed by atoms with Crippen LogP contribution in [0.1, 0.15) is 59.3 Å². The van der Waals surface area contributed by atoms with Crippen molar-refractivity contribution in [2.45, 2.75) is 70.4 Å². The minimum Gasteiger partial charge on any atom is -0.388 e. The van der Waals surface area contributed by atoms with Crippen molar-refractivity contribution in [1.29, 1.82) is 0 Å². The number of hydrogen-bond donors (Lipinski definition) is 2. The van der Waals surface area contributed by atoms with Crippen LogP contribution in [0, 0.1) is 11.3 Å². The molecule has 2 atom stereocenters. The lowest BCUT2D eigenvalue weighted by Gasteiger charge is -2.60. The summed E-state index contributed by atoms with van der Waals surface area (Å²) in [6.45, 7) is 6.70. The fraction of sp³-hybridized carbons (Fsp3) is 1.00. The van der Waals surface area contributed by atoms with Gasteiger partial charge in [0, 0.05) is 5.54 Å². The first kappa shape index (κ1) is 11.4. The average Bonchev–Trinajstić information content (AvgIpc) is 1.99. The highest BCUT2D eigenvalue weighted by Crippen LogP contribution is 2.55. The van der Waals surface area contributed by atoms with Gasteiger partial charge in [-0.3, -0.25) is 0 Å². The first-order valence-corrected chi connectivity index (χ1v) is 6.28. The van der Waals surface area contributed by atoms with Gasteiger partial charge < -0.3 is 10.8 Å². The molecule has 2 heteroatoms. The summed E-state index contributed by atoms with van der Waals surface area (Å²) >= 11 is 0. The third-order valence-corrected chi connectivity index (χ3v) is 4.50. The van der Waals surface area contributed by atoms with Crippen LogP contribution in [0.4, 0.5) is 0 Å². The lowest BCUT2D eigenvalue weighted by molar-refractivity contribution is -0.172. The molecule has 0 bridgehead atoms. The highest BCUT2D eigenvalue weighted by molar-refractivity contribution is 5.14.